The van der Waals surface area contributed by atoms with Gasteiger partial charge >= 0.3 is 0 Å². The minimum absolute atomic E-state index is 0.836. The number of rotatable bonds is 11. The molecule has 2 N–H and O–H groups in total. The summed E-state index contributed by atoms with van der Waals surface area (Å²) in [6.45, 7) is 16.5. The predicted octanol–water partition coefficient (Wildman–Crippen LogP) is 6.71. The van der Waals surface area contributed by atoms with E-state index in [0.29, 0.717) is 0 Å². The Balaban J connectivity index is 1.58. The predicted molar refractivity (Wildman–Crippen MR) is 145 cm³/mol. The van der Waals surface area contributed by atoms with Gasteiger partial charge in [0.25, 0.3) is 0 Å². The van der Waals surface area contributed by atoms with E-state index in [1.54, 1.807) is 0 Å². The fourth-order valence-corrected chi connectivity index (χ4v) is 3.90. The van der Waals surface area contributed by atoms with Crippen molar-refractivity contribution in [1.82, 2.24) is 20.4 Å². The summed E-state index contributed by atoms with van der Waals surface area (Å²) < 4.78 is 2.90. The molecule has 0 atom stereocenters. The number of hydrogen-bond acceptors (Lipinski definition) is 3. The van der Waals surface area contributed by atoms with E-state index in [1.807, 2.05) is 29.9 Å². The number of halogens is 1. The van der Waals surface area contributed by atoms with E-state index in [9.17, 15) is 0 Å². The van der Waals surface area contributed by atoms with Crippen molar-refractivity contribution in [2.75, 3.05) is 13.1 Å². The van der Waals surface area contributed by atoms with Gasteiger partial charge in [-0.15, -0.1) is 0 Å². The van der Waals surface area contributed by atoms with Crippen LogP contribution in [0.3, 0.4) is 0 Å². The van der Waals surface area contributed by atoms with Crippen molar-refractivity contribution in [3.8, 4) is 0 Å². The van der Waals surface area contributed by atoms with Gasteiger partial charge in [0.2, 0.25) is 0 Å². The molecule has 0 aliphatic heterocycles. The maximum absolute atomic E-state index is 4.54. The Morgan fingerprint density at radius 3 is 2.39 bits per heavy atom. The van der Waals surface area contributed by atoms with Gasteiger partial charge in [-0.2, -0.15) is 5.10 Å². The lowest BCUT2D eigenvalue weighted by Gasteiger charge is -2.15. The lowest BCUT2D eigenvalue weighted by atomic mass is 10.0. The van der Waals surface area contributed by atoms with Crippen LogP contribution < -0.4 is 10.6 Å². The molecule has 0 bridgehead atoms. The normalized spacial score (nSPS) is 11.3. The molecule has 4 nitrogen and oxygen atoms in total. The van der Waals surface area contributed by atoms with E-state index in [1.165, 1.54) is 11.1 Å². The summed E-state index contributed by atoms with van der Waals surface area (Å²) in [6.07, 6.45) is 5.95. The average molecular weight is 506 g/mol. The number of unbranched alkanes of at least 4 members (excludes halogenated alkanes) is 1. The molecule has 33 heavy (non-hydrogen) atoms. The second-order valence-corrected chi connectivity index (χ2v) is 9.12. The molecule has 0 spiro atoms. The Morgan fingerprint density at radius 2 is 1.73 bits per heavy atom. The highest BCUT2D eigenvalue weighted by atomic mass is 79.9. The molecule has 0 amide bonds. The standard InChI is InChI=1S/C28H33BrN4/c1-20-11-10-13-25(17-20)23(4)30-15-8-9-16-31-28(33-24(5)27(29)19-32-33)18-22(3)26-14-7-6-12-21(26)2/h6-7,10-14,17-19,30-31H,3-4,8-9,15-16H2,1-2,5H3/b28-18-. The van der Waals surface area contributed by atoms with Crippen molar-refractivity contribution < 1.29 is 0 Å². The maximum Gasteiger partial charge on any atom is 0.128 e. The summed E-state index contributed by atoms with van der Waals surface area (Å²) in [5.41, 5.74) is 7.70. The van der Waals surface area contributed by atoms with E-state index in [2.05, 4.69) is 101 Å². The first-order valence-electron chi connectivity index (χ1n) is 11.3. The molecule has 0 saturated carbocycles. The van der Waals surface area contributed by atoms with Crippen molar-refractivity contribution in [3.05, 3.63) is 106 Å². The first-order valence-corrected chi connectivity index (χ1v) is 12.1. The zero-order valence-electron chi connectivity index (χ0n) is 19.8. The van der Waals surface area contributed by atoms with E-state index in [-0.39, 0.29) is 0 Å². The Morgan fingerprint density at radius 1 is 1.00 bits per heavy atom. The molecule has 0 radical (unpaired) electrons. The molecule has 1 aromatic heterocycles. The number of hydrogen-bond donors (Lipinski definition) is 2. The first-order chi connectivity index (χ1) is 15.9. The van der Waals surface area contributed by atoms with Crippen LogP contribution >= 0.6 is 15.9 Å². The van der Waals surface area contributed by atoms with Crippen LogP contribution in [0.5, 0.6) is 0 Å². The zero-order chi connectivity index (χ0) is 23.8. The number of nitrogens with zero attached hydrogens (tertiary/aromatic N) is 2. The summed E-state index contributed by atoms with van der Waals surface area (Å²) in [5, 5.41) is 11.5. The third kappa shape index (κ3) is 6.72. The summed E-state index contributed by atoms with van der Waals surface area (Å²) in [5.74, 6) is 0.920. The Hall–Kier alpha value is -3.05. The minimum atomic E-state index is 0.836. The number of aryl methyl sites for hydroxylation is 2. The van der Waals surface area contributed by atoms with Gasteiger partial charge in [-0.05, 0) is 83.9 Å². The minimum Gasteiger partial charge on any atom is -0.385 e. The highest BCUT2D eigenvalue weighted by Gasteiger charge is 2.10. The number of allylic oxidation sites excluding steroid dienone is 2. The molecule has 5 heteroatoms. The van der Waals surface area contributed by atoms with Crippen LogP contribution in [-0.4, -0.2) is 22.9 Å². The fraction of sp³-hybridized carbons (Fsp3) is 0.250. The van der Waals surface area contributed by atoms with Crippen molar-refractivity contribution in [3.63, 3.8) is 0 Å². The molecule has 0 unspecified atom stereocenters. The molecule has 0 saturated heterocycles. The highest BCUT2D eigenvalue weighted by Crippen LogP contribution is 2.22. The van der Waals surface area contributed by atoms with Crippen LogP contribution in [0.2, 0.25) is 0 Å². The third-order valence-corrected chi connectivity index (χ3v) is 6.37. The van der Waals surface area contributed by atoms with Crippen LogP contribution in [0, 0.1) is 20.8 Å². The van der Waals surface area contributed by atoms with Gasteiger partial charge in [-0.25, -0.2) is 4.68 Å². The maximum atomic E-state index is 4.54. The second-order valence-electron chi connectivity index (χ2n) is 8.27. The van der Waals surface area contributed by atoms with Crippen LogP contribution in [0.15, 0.2) is 78.4 Å². The van der Waals surface area contributed by atoms with Crippen LogP contribution in [-0.2, 0) is 0 Å². The number of nitrogens with one attached hydrogen (secondary N) is 2. The van der Waals surface area contributed by atoms with Gasteiger partial charge in [0.1, 0.15) is 5.82 Å². The van der Waals surface area contributed by atoms with E-state index in [4.69, 9.17) is 0 Å². The Bertz CT molecular complexity index is 1160. The molecule has 3 rings (SSSR count). The largest absolute Gasteiger partial charge is 0.385 e. The van der Waals surface area contributed by atoms with E-state index < -0.39 is 0 Å². The van der Waals surface area contributed by atoms with Gasteiger partial charge in [-0.1, -0.05) is 61.2 Å². The lowest BCUT2D eigenvalue weighted by Crippen LogP contribution is -2.21. The second kappa shape index (κ2) is 11.7. The topological polar surface area (TPSA) is 41.9 Å². The van der Waals surface area contributed by atoms with Gasteiger partial charge in [0.15, 0.2) is 0 Å². The first kappa shape index (κ1) is 24.6. The van der Waals surface area contributed by atoms with Crippen molar-refractivity contribution in [1.29, 1.82) is 0 Å². The average Bonchev–Trinajstić information content (AvgIpc) is 3.13. The van der Waals surface area contributed by atoms with Crippen LogP contribution in [0.4, 0.5) is 0 Å². The molecule has 0 aliphatic carbocycles. The van der Waals surface area contributed by atoms with Gasteiger partial charge in [-0.3, -0.25) is 0 Å². The summed E-state index contributed by atoms with van der Waals surface area (Å²) in [7, 11) is 0. The summed E-state index contributed by atoms with van der Waals surface area (Å²) >= 11 is 3.57. The number of benzene rings is 2. The Labute approximate surface area is 206 Å². The van der Waals surface area contributed by atoms with Gasteiger partial charge < -0.3 is 10.6 Å². The van der Waals surface area contributed by atoms with Gasteiger partial charge in [0, 0.05) is 18.8 Å². The lowest BCUT2D eigenvalue weighted by molar-refractivity contribution is 0.659. The number of aromatic nitrogens is 2. The quantitative estimate of drug-likeness (QED) is 0.225. The smallest absolute Gasteiger partial charge is 0.128 e. The Kier molecular flexibility index (Phi) is 8.72. The highest BCUT2D eigenvalue weighted by molar-refractivity contribution is 9.10. The molecule has 1 heterocycles. The SMILES string of the molecule is C=C(NCCCCN/C(=C/C(=C)c1ccccc1C)n1ncc(Br)c1C)c1cccc(C)c1. The molecule has 3 aromatic rings. The van der Waals surface area contributed by atoms with E-state index in [0.717, 1.165) is 64.3 Å². The monoisotopic (exact) mass is 504 g/mol. The zero-order valence-corrected chi connectivity index (χ0v) is 21.4. The molecule has 0 fully saturated rings. The fourth-order valence-electron chi connectivity index (χ4n) is 3.64. The van der Waals surface area contributed by atoms with Crippen molar-refractivity contribution in [2.45, 2.75) is 33.6 Å². The third-order valence-electron chi connectivity index (χ3n) is 5.59. The molecule has 172 valence electrons. The van der Waals surface area contributed by atoms with Crippen molar-refractivity contribution >= 4 is 33.0 Å². The molecule has 2 aromatic carbocycles. The van der Waals surface area contributed by atoms with E-state index >= 15 is 0 Å². The molecular formula is C28H33BrN4. The summed E-state index contributed by atoms with van der Waals surface area (Å²) in [4.78, 5) is 0. The molecular weight excluding hydrogens is 472 g/mol. The van der Waals surface area contributed by atoms with Crippen LogP contribution in [0.25, 0.3) is 17.1 Å². The van der Waals surface area contributed by atoms with Crippen molar-refractivity contribution in [2.24, 2.45) is 0 Å². The molecule has 0 aliphatic rings. The van der Waals surface area contributed by atoms with Crippen LogP contribution in [0.1, 0.15) is 40.8 Å². The van der Waals surface area contributed by atoms with Gasteiger partial charge in [0.05, 0.1) is 16.4 Å². The summed E-state index contributed by atoms with van der Waals surface area (Å²) in [6, 6.07) is 16.7.